The third kappa shape index (κ3) is 36.0. The van der Waals surface area contributed by atoms with Crippen molar-refractivity contribution in [3.63, 3.8) is 0 Å². The minimum absolute atomic E-state index is 0. The zero-order valence-corrected chi connectivity index (χ0v) is 14.6. The van der Waals surface area contributed by atoms with E-state index in [0.717, 1.165) is 12.3 Å². The standard InChI is InChI=1S/C8H15.2C3H8O.CH3.Ti/c1-2-5-8-6-3-4-7-8;2*1-3(2)4;;/h8H,1-7H2;2*3-4H,1-2H3;1H3;/q-1;;;-1;+2. The summed E-state index contributed by atoms with van der Waals surface area (Å²) in [6.07, 6.45) is 8.10. The Hall–Kier alpha value is 0.634. The molecule has 0 aliphatic heterocycles. The fourth-order valence-corrected chi connectivity index (χ4v) is 1.59. The van der Waals surface area contributed by atoms with Gasteiger partial charge in [-0.15, -0.1) is 0 Å². The van der Waals surface area contributed by atoms with Gasteiger partial charge in [-0.1, -0.05) is 32.1 Å². The molecule has 0 aromatic heterocycles. The normalized spacial score (nSPS) is 13.8. The summed E-state index contributed by atoms with van der Waals surface area (Å²) in [4.78, 5) is 0. The number of aliphatic hydroxyl groups is 2. The molecule has 0 bridgehead atoms. The maximum absolute atomic E-state index is 8.06. The largest absolute Gasteiger partial charge is 2.00 e. The van der Waals surface area contributed by atoms with Crippen LogP contribution in [0.3, 0.4) is 0 Å². The summed E-state index contributed by atoms with van der Waals surface area (Å²) in [7, 11) is 0. The molecule has 1 fully saturated rings. The molecule has 0 aromatic rings. The zero-order valence-electron chi connectivity index (χ0n) is 13.1. The van der Waals surface area contributed by atoms with Gasteiger partial charge >= 0.3 is 21.7 Å². The van der Waals surface area contributed by atoms with Crippen molar-refractivity contribution in [1.29, 1.82) is 0 Å². The summed E-state index contributed by atoms with van der Waals surface area (Å²) in [5, 5.41) is 16.1. The number of hydrogen-bond donors (Lipinski definition) is 2. The predicted octanol–water partition coefficient (Wildman–Crippen LogP) is 4.01. The van der Waals surface area contributed by atoms with Crippen LogP contribution >= 0.6 is 0 Å². The van der Waals surface area contributed by atoms with Crippen molar-refractivity contribution in [2.75, 3.05) is 0 Å². The van der Waals surface area contributed by atoms with Gasteiger partial charge in [-0.25, -0.2) is 0 Å². The van der Waals surface area contributed by atoms with E-state index in [1.165, 1.54) is 32.1 Å². The first kappa shape index (κ1) is 27.1. The Kier molecular flexibility index (Phi) is 30.0. The molecule has 2 N–H and O–H groups in total. The van der Waals surface area contributed by atoms with E-state index in [4.69, 9.17) is 10.2 Å². The molecule has 110 valence electrons. The first-order valence-electron chi connectivity index (χ1n) is 6.55. The number of hydrogen-bond acceptors (Lipinski definition) is 2. The van der Waals surface area contributed by atoms with E-state index < -0.39 is 0 Å². The average Bonchev–Trinajstić information content (AvgIpc) is 2.55. The van der Waals surface area contributed by atoms with Crippen molar-refractivity contribution in [3.05, 3.63) is 14.4 Å². The molecule has 0 spiro atoms. The van der Waals surface area contributed by atoms with E-state index in [9.17, 15) is 0 Å². The van der Waals surface area contributed by atoms with Gasteiger partial charge in [0.15, 0.2) is 0 Å². The molecule has 0 amide bonds. The summed E-state index contributed by atoms with van der Waals surface area (Å²) in [6, 6.07) is 0. The number of aliphatic hydroxyl groups excluding tert-OH is 2. The molecular formula is C15H34O2Ti. The smallest absolute Gasteiger partial charge is 0.394 e. The van der Waals surface area contributed by atoms with Gasteiger partial charge < -0.3 is 24.6 Å². The Morgan fingerprint density at radius 1 is 1.00 bits per heavy atom. The SMILES string of the molecule is CC(C)O.CC(C)O.[CH2-]CCC1CCCC1.[CH3-].[Ti+2]. The minimum Gasteiger partial charge on any atom is -0.394 e. The molecule has 1 aliphatic rings. The molecule has 0 unspecified atom stereocenters. The molecule has 2 nitrogen and oxygen atoms in total. The Morgan fingerprint density at radius 2 is 1.28 bits per heavy atom. The molecule has 0 atom stereocenters. The van der Waals surface area contributed by atoms with Crippen molar-refractivity contribution >= 4 is 0 Å². The van der Waals surface area contributed by atoms with Crippen LogP contribution in [0.4, 0.5) is 0 Å². The Balaban J connectivity index is -0.0000000860. The second-order valence-electron chi connectivity index (χ2n) is 4.98. The van der Waals surface area contributed by atoms with Crippen LogP contribution in [-0.4, -0.2) is 22.4 Å². The zero-order chi connectivity index (χ0) is 13.0. The molecule has 0 heterocycles. The first-order chi connectivity index (χ1) is 7.40. The molecular weight excluding hydrogens is 260 g/mol. The molecule has 0 saturated heterocycles. The van der Waals surface area contributed by atoms with Crippen molar-refractivity contribution in [3.8, 4) is 0 Å². The van der Waals surface area contributed by atoms with Gasteiger partial charge in [0.25, 0.3) is 0 Å². The van der Waals surface area contributed by atoms with Crippen LogP contribution < -0.4 is 0 Å². The van der Waals surface area contributed by atoms with Crippen LogP contribution in [0.5, 0.6) is 0 Å². The van der Waals surface area contributed by atoms with Gasteiger partial charge in [0, 0.05) is 12.2 Å². The first-order valence-corrected chi connectivity index (χ1v) is 6.55. The summed E-state index contributed by atoms with van der Waals surface area (Å²) >= 11 is 0. The van der Waals surface area contributed by atoms with E-state index in [0.29, 0.717) is 0 Å². The van der Waals surface area contributed by atoms with Crippen LogP contribution in [0.2, 0.25) is 0 Å². The van der Waals surface area contributed by atoms with Gasteiger partial charge in [0.2, 0.25) is 0 Å². The summed E-state index contributed by atoms with van der Waals surface area (Å²) < 4.78 is 0. The van der Waals surface area contributed by atoms with Crippen LogP contribution in [0, 0.1) is 20.3 Å². The van der Waals surface area contributed by atoms with E-state index in [1.807, 2.05) is 0 Å². The van der Waals surface area contributed by atoms with Gasteiger partial charge in [0.05, 0.1) is 0 Å². The van der Waals surface area contributed by atoms with Crippen LogP contribution in [0.1, 0.15) is 66.2 Å². The second kappa shape index (κ2) is 20.0. The molecule has 1 rings (SSSR count). The maximum atomic E-state index is 8.06. The van der Waals surface area contributed by atoms with Crippen molar-refractivity contribution in [1.82, 2.24) is 0 Å². The monoisotopic (exact) mass is 294 g/mol. The van der Waals surface area contributed by atoms with Gasteiger partial charge in [0.1, 0.15) is 0 Å². The van der Waals surface area contributed by atoms with E-state index in [-0.39, 0.29) is 41.4 Å². The van der Waals surface area contributed by atoms with Crippen LogP contribution in [0.15, 0.2) is 0 Å². The average molecular weight is 294 g/mol. The fourth-order valence-electron chi connectivity index (χ4n) is 1.59. The topological polar surface area (TPSA) is 40.5 Å². The molecule has 1 saturated carbocycles. The molecule has 18 heavy (non-hydrogen) atoms. The molecule has 1 aliphatic carbocycles. The van der Waals surface area contributed by atoms with Crippen molar-refractivity contribution in [2.24, 2.45) is 5.92 Å². The second-order valence-corrected chi connectivity index (χ2v) is 4.98. The molecule has 0 aromatic carbocycles. The van der Waals surface area contributed by atoms with Crippen molar-refractivity contribution < 1.29 is 31.9 Å². The number of rotatable bonds is 2. The van der Waals surface area contributed by atoms with Gasteiger partial charge in [-0.05, 0) is 33.6 Å². The van der Waals surface area contributed by atoms with Crippen LogP contribution in [0.25, 0.3) is 0 Å². The van der Waals surface area contributed by atoms with E-state index in [2.05, 4.69) is 6.92 Å². The maximum Gasteiger partial charge on any atom is 2.00 e. The predicted molar refractivity (Wildman–Crippen MR) is 77.7 cm³/mol. The third-order valence-corrected chi connectivity index (χ3v) is 2.09. The van der Waals surface area contributed by atoms with E-state index >= 15 is 0 Å². The molecule has 3 heteroatoms. The minimum atomic E-state index is -0.167. The van der Waals surface area contributed by atoms with Gasteiger partial charge in [-0.2, -0.15) is 6.42 Å². The fraction of sp³-hybridized carbons (Fsp3) is 0.867. The molecule has 0 radical (unpaired) electrons. The Labute approximate surface area is 130 Å². The summed E-state index contributed by atoms with van der Waals surface area (Å²) in [6.45, 7) is 10.7. The van der Waals surface area contributed by atoms with Gasteiger partial charge in [-0.3, -0.25) is 0 Å². The Bertz CT molecular complexity index is 110. The van der Waals surface area contributed by atoms with E-state index in [1.54, 1.807) is 27.7 Å². The summed E-state index contributed by atoms with van der Waals surface area (Å²) in [5.74, 6) is 1.05. The summed E-state index contributed by atoms with van der Waals surface area (Å²) in [5.41, 5.74) is 0. The van der Waals surface area contributed by atoms with Crippen LogP contribution in [-0.2, 0) is 21.7 Å². The van der Waals surface area contributed by atoms with Crippen molar-refractivity contribution in [2.45, 2.75) is 78.4 Å². The Morgan fingerprint density at radius 3 is 1.50 bits per heavy atom. The quantitative estimate of drug-likeness (QED) is 0.596. The third-order valence-electron chi connectivity index (χ3n) is 2.09.